The van der Waals surface area contributed by atoms with Crippen LogP contribution in [-0.4, -0.2) is 24.3 Å². The zero-order valence-corrected chi connectivity index (χ0v) is 16.6. The number of rotatable bonds is 4. The molecule has 1 aromatic heterocycles. The number of thiophene rings is 1. The number of amides is 1. The number of fused-ring (bicyclic) bond motifs is 2. The maximum atomic E-state index is 12.3. The molecular weight excluding hydrogens is 417 g/mol. The van der Waals surface area contributed by atoms with Gasteiger partial charge in [0.25, 0.3) is 5.91 Å². The molecule has 0 saturated carbocycles. The molecule has 0 bridgehead atoms. The summed E-state index contributed by atoms with van der Waals surface area (Å²) in [6.07, 6.45) is -5.36. The number of carbonyl (C=O) groups excluding carboxylic acids is 1. The lowest BCUT2D eigenvalue weighted by atomic mass is 10.0. The number of halogens is 3. The van der Waals surface area contributed by atoms with Crippen LogP contribution in [0.25, 0.3) is 0 Å². The third-order valence-electron chi connectivity index (χ3n) is 4.30. The fourth-order valence-corrected chi connectivity index (χ4v) is 4.57. The third-order valence-corrected chi connectivity index (χ3v) is 6.13. The lowest BCUT2D eigenvalue weighted by Crippen LogP contribution is -2.27. The van der Waals surface area contributed by atoms with Gasteiger partial charge in [0.2, 0.25) is 0 Å². The summed E-state index contributed by atoms with van der Waals surface area (Å²) in [5.41, 5.74) is 3.70. The van der Waals surface area contributed by atoms with Gasteiger partial charge in [-0.25, -0.2) is 4.99 Å². The molecular formula is C21H15F3N2OS2. The van der Waals surface area contributed by atoms with Crippen LogP contribution in [0.1, 0.15) is 27.9 Å². The molecule has 0 atom stereocenters. The first-order valence-corrected chi connectivity index (χ1v) is 10.5. The number of benzene rings is 2. The first-order chi connectivity index (χ1) is 13.9. The molecule has 3 aromatic rings. The van der Waals surface area contributed by atoms with E-state index in [4.69, 9.17) is 4.99 Å². The number of hydrogen-bond donors (Lipinski definition) is 1. The Morgan fingerprint density at radius 1 is 1.07 bits per heavy atom. The lowest BCUT2D eigenvalue weighted by molar-refractivity contribution is -0.132. The Balaban J connectivity index is 1.68. The number of carbonyl (C=O) groups is 1. The number of nitrogens with zero attached hydrogens (tertiary/aromatic N) is 1. The molecule has 0 saturated heterocycles. The second-order valence-corrected chi connectivity index (χ2v) is 8.24. The second kappa shape index (κ2) is 8.04. The Bertz CT molecular complexity index is 1080. The van der Waals surface area contributed by atoms with Gasteiger partial charge in [-0.05, 0) is 35.7 Å². The van der Waals surface area contributed by atoms with E-state index >= 15 is 0 Å². The van der Waals surface area contributed by atoms with Crippen molar-refractivity contribution >= 4 is 40.4 Å². The highest BCUT2D eigenvalue weighted by molar-refractivity contribution is 7.99. The van der Waals surface area contributed by atoms with Crippen molar-refractivity contribution in [3.63, 3.8) is 0 Å². The van der Waals surface area contributed by atoms with Crippen molar-refractivity contribution in [1.29, 1.82) is 0 Å². The lowest BCUT2D eigenvalue weighted by Gasteiger charge is -2.09. The molecule has 148 valence electrons. The molecule has 2 aromatic carbocycles. The average Bonchev–Trinajstić information content (AvgIpc) is 3.15. The van der Waals surface area contributed by atoms with E-state index in [-0.39, 0.29) is 5.56 Å². The Kier molecular flexibility index (Phi) is 5.47. The van der Waals surface area contributed by atoms with E-state index in [1.807, 2.05) is 41.1 Å². The molecule has 0 radical (unpaired) electrons. The molecule has 0 spiro atoms. The molecule has 1 aliphatic heterocycles. The van der Waals surface area contributed by atoms with Crippen LogP contribution in [0.4, 0.5) is 18.9 Å². The second-order valence-electron chi connectivity index (χ2n) is 6.37. The molecule has 1 amide bonds. The maximum absolute atomic E-state index is 12.3. The van der Waals surface area contributed by atoms with Crippen LogP contribution in [-0.2, 0) is 0 Å². The van der Waals surface area contributed by atoms with Crippen molar-refractivity contribution < 1.29 is 18.0 Å². The van der Waals surface area contributed by atoms with Gasteiger partial charge in [0, 0.05) is 38.4 Å². The van der Waals surface area contributed by atoms with Crippen LogP contribution in [0.3, 0.4) is 0 Å². The maximum Gasteiger partial charge on any atom is 0.390 e. The van der Waals surface area contributed by atoms with Gasteiger partial charge < -0.3 is 5.32 Å². The van der Waals surface area contributed by atoms with Crippen LogP contribution in [0.2, 0.25) is 0 Å². The van der Waals surface area contributed by atoms with E-state index < -0.39 is 25.0 Å². The number of aliphatic imine (C=N–C) groups is 1. The summed E-state index contributed by atoms with van der Waals surface area (Å²) in [5.74, 6) is -0.545. The van der Waals surface area contributed by atoms with Gasteiger partial charge in [-0.15, -0.1) is 0 Å². The summed E-state index contributed by atoms with van der Waals surface area (Å²) in [4.78, 5) is 19.1. The predicted octanol–water partition coefficient (Wildman–Crippen LogP) is 6.06. The molecule has 1 N–H and O–H groups in total. The Morgan fingerprint density at radius 3 is 2.66 bits per heavy atom. The highest BCUT2D eigenvalue weighted by Crippen LogP contribution is 2.41. The summed E-state index contributed by atoms with van der Waals surface area (Å²) in [6, 6.07) is 15.0. The first-order valence-electron chi connectivity index (χ1n) is 8.78. The quantitative estimate of drug-likeness (QED) is 0.426. The molecule has 8 heteroatoms. The van der Waals surface area contributed by atoms with Crippen molar-refractivity contribution in [2.75, 3.05) is 6.54 Å². The third kappa shape index (κ3) is 4.54. The first kappa shape index (κ1) is 19.7. The summed E-state index contributed by atoms with van der Waals surface area (Å²) in [7, 11) is 0. The Hall–Kier alpha value is -2.58. The number of hydrogen-bond acceptors (Lipinski definition) is 4. The smallest absolute Gasteiger partial charge is 0.352 e. The molecule has 0 fully saturated rings. The number of nitrogens with one attached hydrogen (secondary N) is 1. The number of alkyl halides is 3. The van der Waals surface area contributed by atoms with E-state index in [2.05, 4.69) is 5.32 Å². The Morgan fingerprint density at radius 2 is 1.90 bits per heavy atom. The minimum atomic E-state index is -4.30. The van der Waals surface area contributed by atoms with Crippen LogP contribution < -0.4 is 5.32 Å². The average molecular weight is 432 g/mol. The predicted molar refractivity (Wildman–Crippen MR) is 110 cm³/mol. The zero-order chi connectivity index (χ0) is 20.4. The SMILES string of the molecule is O=C(NCCC(F)(F)F)c1ccc2c(c1)N=C(c1ccsc1)c1ccccc1S2. The van der Waals surface area contributed by atoms with E-state index in [9.17, 15) is 18.0 Å². The van der Waals surface area contributed by atoms with Gasteiger partial charge in [0.05, 0.1) is 17.8 Å². The van der Waals surface area contributed by atoms with Gasteiger partial charge in [0.1, 0.15) is 0 Å². The fourth-order valence-electron chi connectivity index (χ4n) is 2.92. The summed E-state index contributed by atoms with van der Waals surface area (Å²) in [5, 5.41) is 6.31. The minimum absolute atomic E-state index is 0.283. The topological polar surface area (TPSA) is 41.5 Å². The standard InChI is InChI=1S/C21H15F3N2OS2/c22-21(23,24)8-9-25-20(27)13-5-6-18-16(11-13)26-19(14-7-10-28-12-14)15-3-1-2-4-17(15)29-18/h1-7,10-12H,8-9H2,(H,25,27). The van der Waals surface area contributed by atoms with Crippen molar-refractivity contribution in [2.45, 2.75) is 22.4 Å². The van der Waals surface area contributed by atoms with Gasteiger partial charge in [-0.1, -0.05) is 30.0 Å². The largest absolute Gasteiger partial charge is 0.390 e. The highest BCUT2D eigenvalue weighted by atomic mass is 32.2. The van der Waals surface area contributed by atoms with E-state index in [1.165, 1.54) is 0 Å². The molecule has 0 unspecified atom stereocenters. The van der Waals surface area contributed by atoms with Gasteiger partial charge in [-0.2, -0.15) is 24.5 Å². The molecule has 29 heavy (non-hydrogen) atoms. The van der Waals surface area contributed by atoms with Crippen molar-refractivity contribution in [3.05, 3.63) is 76.0 Å². The van der Waals surface area contributed by atoms with E-state index in [0.29, 0.717) is 5.69 Å². The minimum Gasteiger partial charge on any atom is -0.352 e. The van der Waals surface area contributed by atoms with Crippen molar-refractivity contribution in [2.24, 2.45) is 4.99 Å². The van der Waals surface area contributed by atoms with Crippen LogP contribution in [0.15, 0.2) is 74.1 Å². The summed E-state index contributed by atoms with van der Waals surface area (Å²) < 4.78 is 36.9. The van der Waals surface area contributed by atoms with Crippen molar-refractivity contribution in [1.82, 2.24) is 5.32 Å². The molecule has 0 aliphatic carbocycles. The molecule has 1 aliphatic rings. The molecule has 2 heterocycles. The fraction of sp³-hybridized carbons (Fsp3) is 0.143. The Labute approximate surface area is 173 Å². The normalized spacial score (nSPS) is 13.1. The molecule has 4 rings (SSSR count). The van der Waals surface area contributed by atoms with Gasteiger partial charge in [-0.3, -0.25) is 4.79 Å². The monoisotopic (exact) mass is 432 g/mol. The summed E-state index contributed by atoms with van der Waals surface area (Å²) >= 11 is 3.13. The van der Waals surface area contributed by atoms with Crippen molar-refractivity contribution in [3.8, 4) is 0 Å². The van der Waals surface area contributed by atoms with Crippen LogP contribution in [0, 0.1) is 0 Å². The van der Waals surface area contributed by atoms with Gasteiger partial charge in [0.15, 0.2) is 0 Å². The van der Waals surface area contributed by atoms with Crippen LogP contribution in [0.5, 0.6) is 0 Å². The molecule has 3 nitrogen and oxygen atoms in total. The highest BCUT2D eigenvalue weighted by Gasteiger charge is 2.27. The summed E-state index contributed by atoms with van der Waals surface area (Å²) in [6.45, 7) is -0.455. The van der Waals surface area contributed by atoms with E-state index in [1.54, 1.807) is 41.3 Å². The zero-order valence-electron chi connectivity index (χ0n) is 15.0. The van der Waals surface area contributed by atoms with Gasteiger partial charge >= 0.3 is 6.18 Å². The van der Waals surface area contributed by atoms with Crippen LogP contribution >= 0.6 is 23.1 Å². The van der Waals surface area contributed by atoms with E-state index in [0.717, 1.165) is 26.6 Å².